The highest BCUT2D eigenvalue weighted by Gasteiger charge is 2.17. The Kier molecular flexibility index (Phi) is 5.95. The molecule has 0 spiro atoms. The van der Waals surface area contributed by atoms with Crippen molar-refractivity contribution in [2.75, 3.05) is 50.6 Å². The smallest absolute Gasteiger partial charge is 0.225 e. The number of nitrogens with one attached hydrogen (secondary N) is 1. The lowest BCUT2D eigenvalue weighted by molar-refractivity contribution is -0.118. The van der Waals surface area contributed by atoms with E-state index in [9.17, 15) is 4.79 Å². The maximum Gasteiger partial charge on any atom is 0.225 e. The molecular weight excluding hydrogens is 346 g/mol. The van der Waals surface area contributed by atoms with E-state index < -0.39 is 0 Å². The van der Waals surface area contributed by atoms with Crippen LogP contribution < -0.4 is 19.7 Å². The van der Waals surface area contributed by atoms with E-state index in [0.717, 1.165) is 36.6 Å². The number of carbonyl (C=O) groups excluding carboxylic acids is 1. The maximum absolute atomic E-state index is 10.9. The Morgan fingerprint density at radius 1 is 1.07 bits per heavy atom. The first-order valence-corrected chi connectivity index (χ1v) is 8.87. The molecule has 0 atom stereocenters. The van der Waals surface area contributed by atoms with Gasteiger partial charge in [0, 0.05) is 44.5 Å². The first kappa shape index (κ1) is 18.8. The van der Waals surface area contributed by atoms with Crippen LogP contribution in [0.2, 0.25) is 0 Å². The molecule has 1 amide bonds. The normalized spacial score (nSPS) is 14.0. The first-order chi connectivity index (χ1) is 13.1. The number of carbonyl (C=O) groups is 1. The Labute approximate surface area is 159 Å². The second-order valence-corrected chi connectivity index (χ2v) is 6.36. The van der Waals surface area contributed by atoms with Gasteiger partial charge < -0.3 is 24.6 Å². The number of benzene rings is 1. The molecule has 1 N–H and O–H groups in total. The third-order valence-electron chi connectivity index (χ3n) is 4.53. The predicted octanol–water partition coefficient (Wildman–Crippen LogP) is 1.69. The van der Waals surface area contributed by atoms with Gasteiger partial charge in [-0.3, -0.25) is 4.79 Å². The molecule has 2 heterocycles. The van der Waals surface area contributed by atoms with E-state index in [2.05, 4.69) is 20.2 Å². The lowest BCUT2D eigenvalue weighted by Gasteiger charge is -2.33. The Bertz CT molecular complexity index is 791. The van der Waals surface area contributed by atoms with Gasteiger partial charge in [-0.25, -0.2) is 4.98 Å². The summed E-state index contributed by atoms with van der Waals surface area (Å²) in [7, 11) is 3.24. The summed E-state index contributed by atoms with van der Waals surface area (Å²) in [5.41, 5.74) is 1.94. The molecule has 2 aromatic rings. The van der Waals surface area contributed by atoms with Gasteiger partial charge in [0.2, 0.25) is 12.4 Å². The molecule has 1 aliphatic rings. The summed E-state index contributed by atoms with van der Waals surface area (Å²) in [5.74, 6) is 2.85. The Morgan fingerprint density at radius 2 is 1.81 bits per heavy atom. The highest BCUT2D eigenvalue weighted by atomic mass is 16.5. The van der Waals surface area contributed by atoms with Gasteiger partial charge in [-0.15, -0.1) is 0 Å². The van der Waals surface area contributed by atoms with Crippen LogP contribution in [-0.4, -0.2) is 61.7 Å². The average molecular weight is 371 g/mol. The van der Waals surface area contributed by atoms with Crippen molar-refractivity contribution in [3.63, 3.8) is 0 Å². The fraction of sp³-hybridized carbons (Fsp3) is 0.421. The van der Waals surface area contributed by atoms with Crippen LogP contribution in [-0.2, 0) is 11.3 Å². The molecule has 0 unspecified atom stereocenters. The summed E-state index contributed by atoms with van der Waals surface area (Å²) in [6.45, 7) is 5.48. The van der Waals surface area contributed by atoms with Gasteiger partial charge in [-0.2, -0.15) is 4.98 Å². The van der Waals surface area contributed by atoms with E-state index in [1.807, 2.05) is 31.2 Å². The number of piperazine rings is 1. The Balaban J connectivity index is 1.69. The number of rotatable bonds is 7. The number of ether oxygens (including phenoxy) is 2. The zero-order valence-electron chi connectivity index (χ0n) is 15.9. The third-order valence-corrected chi connectivity index (χ3v) is 4.53. The average Bonchev–Trinajstić information content (AvgIpc) is 2.71. The molecule has 8 heteroatoms. The van der Waals surface area contributed by atoms with Gasteiger partial charge in [-0.05, 0) is 24.6 Å². The third kappa shape index (κ3) is 4.58. The van der Waals surface area contributed by atoms with Crippen LogP contribution in [0.25, 0.3) is 0 Å². The second kappa shape index (κ2) is 8.57. The number of nitrogens with zero attached hydrogens (tertiary/aromatic N) is 4. The number of aryl methyl sites for hydroxylation is 1. The van der Waals surface area contributed by atoms with Crippen LogP contribution in [0.1, 0.15) is 11.3 Å². The summed E-state index contributed by atoms with van der Waals surface area (Å²) >= 11 is 0. The molecule has 3 rings (SSSR count). The van der Waals surface area contributed by atoms with Gasteiger partial charge in [0.05, 0.1) is 14.2 Å². The quantitative estimate of drug-likeness (QED) is 0.742. The van der Waals surface area contributed by atoms with Crippen molar-refractivity contribution in [3.8, 4) is 11.5 Å². The number of amides is 1. The molecular formula is C19H25N5O3. The standard InChI is InChI=1S/C19H25N5O3/c1-14-10-18(24-8-6-23(13-25)7-9-24)22-19(21-14)20-12-15-4-5-16(26-2)17(11-15)27-3/h4-5,10-11,13H,6-9,12H2,1-3H3,(H,20,21,22). The molecule has 0 bridgehead atoms. The number of aromatic nitrogens is 2. The number of anilines is 2. The highest BCUT2D eigenvalue weighted by molar-refractivity contribution is 5.50. The summed E-state index contributed by atoms with van der Waals surface area (Å²) in [6.07, 6.45) is 0.901. The largest absolute Gasteiger partial charge is 0.493 e. The van der Waals surface area contributed by atoms with Crippen LogP contribution in [0.4, 0.5) is 11.8 Å². The van der Waals surface area contributed by atoms with Crippen molar-refractivity contribution in [1.82, 2.24) is 14.9 Å². The second-order valence-electron chi connectivity index (χ2n) is 6.36. The molecule has 1 aliphatic heterocycles. The van der Waals surface area contributed by atoms with E-state index in [0.29, 0.717) is 37.1 Å². The fourth-order valence-corrected chi connectivity index (χ4v) is 3.02. The first-order valence-electron chi connectivity index (χ1n) is 8.87. The fourth-order valence-electron chi connectivity index (χ4n) is 3.02. The highest BCUT2D eigenvalue weighted by Crippen LogP contribution is 2.27. The summed E-state index contributed by atoms with van der Waals surface area (Å²) in [5, 5.41) is 3.28. The molecule has 0 radical (unpaired) electrons. The molecule has 1 aromatic heterocycles. The van der Waals surface area contributed by atoms with Gasteiger partial charge in [0.1, 0.15) is 5.82 Å². The summed E-state index contributed by atoms with van der Waals surface area (Å²) in [4.78, 5) is 23.9. The Morgan fingerprint density at radius 3 is 2.48 bits per heavy atom. The van der Waals surface area contributed by atoms with E-state index in [4.69, 9.17) is 9.47 Å². The van der Waals surface area contributed by atoms with Crippen LogP contribution >= 0.6 is 0 Å². The van der Waals surface area contributed by atoms with Crippen LogP contribution in [0.5, 0.6) is 11.5 Å². The van der Waals surface area contributed by atoms with Crippen LogP contribution in [0.15, 0.2) is 24.3 Å². The molecule has 1 fully saturated rings. The minimum atomic E-state index is 0.572. The van der Waals surface area contributed by atoms with Crippen molar-refractivity contribution in [1.29, 1.82) is 0 Å². The predicted molar refractivity (Wildman–Crippen MR) is 103 cm³/mol. The van der Waals surface area contributed by atoms with Crippen LogP contribution in [0.3, 0.4) is 0 Å². The summed E-state index contributed by atoms with van der Waals surface area (Å²) < 4.78 is 10.6. The molecule has 27 heavy (non-hydrogen) atoms. The molecule has 0 saturated carbocycles. The zero-order chi connectivity index (χ0) is 19.2. The minimum Gasteiger partial charge on any atom is -0.493 e. The van der Waals surface area contributed by atoms with Crippen LogP contribution in [0, 0.1) is 6.92 Å². The lowest BCUT2D eigenvalue weighted by atomic mass is 10.2. The van der Waals surface area contributed by atoms with E-state index >= 15 is 0 Å². The number of hydrogen-bond donors (Lipinski definition) is 1. The van der Waals surface area contributed by atoms with Crippen molar-refractivity contribution in [3.05, 3.63) is 35.5 Å². The van der Waals surface area contributed by atoms with E-state index in [-0.39, 0.29) is 0 Å². The summed E-state index contributed by atoms with van der Waals surface area (Å²) in [6, 6.07) is 7.76. The van der Waals surface area contributed by atoms with Crippen molar-refractivity contribution < 1.29 is 14.3 Å². The molecule has 0 aliphatic carbocycles. The molecule has 144 valence electrons. The van der Waals surface area contributed by atoms with Gasteiger partial charge in [0.15, 0.2) is 11.5 Å². The molecule has 8 nitrogen and oxygen atoms in total. The topological polar surface area (TPSA) is 79.8 Å². The Hall–Kier alpha value is -3.03. The van der Waals surface area contributed by atoms with E-state index in [1.165, 1.54) is 0 Å². The van der Waals surface area contributed by atoms with Gasteiger partial charge in [0.25, 0.3) is 0 Å². The lowest BCUT2D eigenvalue weighted by Crippen LogP contribution is -2.46. The minimum absolute atomic E-state index is 0.572. The monoisotopic (exact) mass is 371 g/mol. The SMILES string of the molecule is COc1ccc(CNc2nc(C)cc(N3CCN(C=O)CC3)n2)cc1OC. The zero-order valence-corrected chi connectivity index (χ0v) is 15.9. The number of methoxy groups -OCH3 is 2. The van der Waals surface area contributed by atoms with Crippen molar-refractivity contribution >= 4 is 18.2 Å². The molecule has 1 aromatic carbocycles. The van der Waals surface area contributed by atoms with Gasteiger partial charge in [-0.1, -0.05) is 6.07 Å². The van der Waals surface area contributed by atoms with Gasteiger partial charge >= 0.3 is 0 Å². The van der Waals surface area contributed by atoms with Crippen molar-refractivity contribution in [2.24, 2.45) is 0 Å². The maximum atomic E-state index is 10.9. The van der Waals surface area contributed by atoms with E-state index in [1.54, 1.807) is 19.1 Å². The molecule has 1 saturated heterocycles. The number of hydrogen-bond acceptors (Lipinski definition) is 7. The van der Waals surface area contributed by atoms with Crippen molar-refractivity contribution in [2.45, 2.75) is 13.5 Å².